The summed E-state index contributed by atoms with van der Waals surface area (Å²) in [6.07, 6.45) is 5.02. The van der Waals surface area contributed by atoms with Crippen LogP contribution in [0.25, 0.3) is 22.3 Å². The van der Waals surface area contributed by atoms with Crippen LogP contribution in [0, 0.1) is 0 Å². The fraction of sp³-hybridized carbons (Fsp3) is 0.304. The van der Waals surface area contributed by atoms with E-state index in [2.05, 4.69) is 6.92 Å². The molecule has 0 spiro atoms. The molecule has 164 valence electrons. The van der Waals surface area contributed by atoms with Gasteiger partial charge in [-0.3, -0.25) is 9.59 Å². The molecule has 0 atom stereocenters. The number of carbonyl (C=O) groups excluding carboxylic acids is 1. The Labute approximate surface area is 178 Å². The number of carbonyl (C=O) groups is 1. The van der Waals surface area contributed by atoms with Crippen molar-refractivity contribution in [2.24, 2.45) is 0 Å². The second kappa shape index (κ2) is 9.42. The van der Waals surface area contributed by atoms with Crippen LogP contribution >= 0.6 is 0 Å². The minimum atomic E-state index is -0.896. The van der Waals surface area contributed by atoms with Gasteiger partial charge in [-0.05, 0) is 24.6 Å². The molecule has 3 aromatic rings. The highest BCUT2D eigenvalue weighted by Gasteiger charge is 2.20. The summed E-state index contributed by atoms with van der Waals surface area (Å²) in [5.41, 5.74) is -0.885. The van der Waals surface area contributed by atoms with E-state index in [4.69, 9.17) is 9.15 Å². The number of hydrogen-bond donors (Lipinski definition) is 4. The van der Waals surface area contributed by atoms with Gasteiger partial charge in [0.2, 0.25) is 11.2 Å². The third-order valence-corrected chi connectivity index (χ3v) is 4.87. The zero-order chi connectivity index (χ0) is 22.5. The van der Waals surface area contributed by atoms with Gasteiger partial charge in [0, 0.05) is 24.1 Å². The van der Waals surface area contributed by atoms with Crippen LogP contribution in [0.5, 0.6) is 28.7 Å². The van der Waals surface area contributed by atoms with Gasteiger partial charge in [0.15, 0.2) is 17.3 Å². The van der Waals surface area contributed by atoms with Crippen LogP contribution < -0.4 is 10.2 Å². The number of hydrogen-bond acceptors (Lipinski definition) is 8. The zero-order valence-corrected chi connectivity index (χ0v) is 17.1. The van der Waals surface area contributed by atoms with Crippen LogP contribution in [-0.2, 0) is 4.79 Å². The van der Waals surface area contributed by atoms with E-state index >= 15 is 0 Å². The molecule has 4 N–H and O–H groups in total. The van der Waals surface area contributed by atoms with E-state index < -0.39 is 22.9 Å². The number of aromatic hydroxyl groups is 4. The summed E-state index contributed by atoms with van der Waals surface area (Å²) in [4.78, 5) is 24.6. The van der Waals surface area contributed by atoms with Gasteiger partial charge in [0.25, 0.3) is 0 Å². The first-order valence-electron chi connectivity index (χ1n) is 10.1. The van der Waals surface area contributed by atoms with Crippen molar-refractivity contribution in [3.63, 3.8) is 0 Å². The Morgan fingerprint density at radius 3 is 2.45 bits per heavy atom. The molecule has 31 heavy (non-hydrogen) atoms. The molecule has 0 aliphatic heterocycles. The lowest BCUT2D eigenvalue weighted by atomic mass is 10.1. The monoisotopic (exact) mass is 428 g/mol. The molecule has 0 aliphatic carbocycles. The van der Waals surface area contributed by atoms with Crippen LogP contribution in [0.3, 0.4) is 0 Å². The van der Waals surface area contributed by atoms with Gasteiger partial charge in [-0.15, -0.1) is 0 Å². The average molecular weight is 428 g/mol. The van der Waals surface area contributed by atoms with Crippen molar-refractivity contribution < 1.29 is 34.4 Å². The molecule has 8 nitrogen and oxygen atoms in total. The molecule has 2 aromatic carbocycles. The van der Waals surface area contributed by atoms with E-state index in [0.717, 1.165) is 37.8 Å². The number of fused-ring (bicyclic) bond motifs is 1. The quantitative estimate of drug-likeness (QED) is 0.233. The Bertz CT molecular complexity index is 1160. The van der Waals surface area contributed by atoms with Gasteiger partial charge in [0.05, 0.1) is 0 Å². The third-order valence-electron chi connectivity index (χ3n) is 4.87. The van der Waals surface area contributed by atoms with E-state index in [9.17, 15) is 30.0 Å². The number of ether oxygens (including phenoxy) is 1. The lowest BCUT2D eigenvalue weighted by Gasteiger charge is -2.10. The van der Waals surface area contributed by atoms with E-state index in [1.54, 1.807) is 0 Å². The number of phenols is 3. The minimum absolute atomic E-state index is 0.142. The van der Waals surface area contributed by atoms with E-state index in [-0.39, 0.29) is 46.0 Å². The van der Waals surface area contributed by atoms with E-state index in [1.165, 1.54) is 18.2 Å². The smallest absolute Gasteiger partial charge is 0.311 e. The zero-order valence-electron chi connectivity index (χ0n) is 17.1. The molecule has 1 heterocycles. The Hall–Kier alpha value is -3.68. The number of esters is 1. The van der Waals surface area contributed by atoms with E-state index in [0.29, 0.717) is 6.42 Å². The number of unbranched alkanes of at least 4 members (excludes halogenated alkanes) is 4. The summed E-state index contributed by atoms with van der Waals surface area (Å²) in [7, 11) is 0. The molecule has 8 heteroatoms. The SMILES string of the molecule is CCCCCCCC(=O)Oc1cc(-c2oc3cc(O)cc(O)c3c(=O)c2O)ccc1O. The molecule has 0 radical (unpaired) electrons. The van der Waals surface area contributed by atoms with Crippen molar-refractivity contribution in [3.8, 4) is 40.1 Å². The highest BCUT2D eigenvalue weighted by atomic mass is 16.5. The highest BCUT2D eigenvalue weighted by Crippen LogP contribution is 2.38. The molecular weight excluding hydrogens is 404 g/mol. The first-order valence-corrected chi connectivity index (χ1v) is 10.1. The Morgan fingerprint density at radius 2 is 1.71 bits per heavy atom. The van der Waals surface area contributed by atoms with Gasteiger partial charge < -0.3 is 29.6 Å². The Morgan fingerprint density at radius 1 is 0.968 bits per heavy atom. The van der Waals surface area contributed by atoms with Crippen molar-refractivity contribution in [1.29, 1.82) is 0 Å². The van der Waals surface area contributed by atoms with Gasteiger partial charge >= 0.3 is 5.97 Å². The predicted molar refractivity (Wildman–Crippen MR) is 114 cm³/mol. The van der Waals surface area contributed by atoms with Crippen LogP contribution in [-0.4, -0.2) is 26.4 Å². The normalized spacial score (nSPS) is 11.0. The Balaban J connectivity index is 1.89. The summed E-state index contributed by atoms with van der Waals surface area (Å²) in [6, 6.07) is 5.95. The predicted octanol–water partition coefficient (Wildman–Crippen LogP) is 4.55. The van der Waals surface area contributed by atoms with Crippen LogP contribution in [0.1, 0.15) is 45.4 Å². The molecule has 0 saturated carbocycles. The van der Waals surface area contributed by atoms with Crippen molar-refractivity contribution in [1.82, 2.24) is 0 Å². The van der Waals surface area contributed by atoms with Gasteiger partial charge in [-0.2, -0.15) is 0 Å². The molecule has 0 aliphatic rings. The second-order valence-electron chi connectivity index (χ2n) is 7.27. The van der Waals surface area contributed by atoms with Crippen LogP contribution in [0.4, 0.5) is 0 Å². The molecule has 0 bridgehead atoms. The largest absolute Gasteiger partial charge is 0.508 e. The number of phenolic OH excluding ortho intramolecular Hbond substituents is 3. The summed E-state index contributed by atoms with van der Waals surface area (Å²) < 4.78 is 10.8. The fourth-order valence-electron chi connectivity index (χ4n) is 3.25. The maximum atomic E-state index is 12.5. The van der Waals surface area contributed by atoms with Crippen molar-refractivity contribution in [3.05, 3.63) is 40.6 Å². The molecule has 3 rings (SSSR count). The molecule has 0 saturated heterocycles. The summed E-state index contributed by atoms with van der Waals surface area (Å²) in [5.74, 6) is -2.85. The Kier molecular flexibility index (Phi) is 6.69. The topological polar surface area (TPSA) is 137 Å². The van der Waals surface area contributed by atoms with Crippen LogP contribution in [0.15, 0.2) is 39.5 Å². The van der Waals surface area contributed by atoms with Crippen molar-refractivity contribution >= 4 is 16.9 Å². The lowest BCUT2D eigenvalue weighted by Crippen LogP contribution is -2.08. The van der Waals surface area contributed by atoms with Crippen molar-refractivity contribution in [2.45, 2.75) is 45.4 Å². The molecule has 1 aromatic heterocycles. The molecule has 0 fully saturated rings. The summed E-state index contributed by atoms with van der Waals surface area (Å²) in [5, 5.41) is 39.6. The molecule has 0 amide bonds. The van der Waals surface area contributed by atoms with Crippen molar-refractivity contribution in [2.75, 3.05) is 0 Å². The first-order chi connectivity index (χ1) is 14.8. The minimum Gasteiger partial charge on any atom is -0.508 e. The number of rotatable bonds is 8. The average Bonchev–Trinajstić information content (AvgIpc) is 2.71. The first kappa shape index (κ1) is 22.0. The maximum Gasteiger partial charge on any atom is 0.311 e. The summed E-state index contributed by atoms with van der Waals surface area (Å²) >= 11 is 0. The third kappa shape index (κ3) is 4.91. The lowest BCUT2D eigenvalue weighted by molar-refractivity contribution is -0.134. The van der Waals surface area contributed by atoms with Crippen LogP contribution in [0.2, 0.25) is 0 Å². The maximum absolute atomic E-state index is 12.5. The van der Waals surface area contributed by atoms with Gasteiger partial charge in [-0.1, -0.05) is 32.6 Å². The van der Waals surface area contributed by atoms with Gasteiger partial charge in [0.1, 0.15) is 22.5 Å². The fourth-order valence-corrected chi connectivity index (χ4v) is 3.25. The van der Waals surface area contributed by atoms with E-state index in [1.807, 2.05) is 0 Å². The summed E-state index contributed by atoms with van der Waals surface area (Å²) in [6.45, 7) is 2.10. The molecular formula is C23H24O8. The highest BCUT2D eigenvalue weighted by molar-refractivity contribution is 5.88. The molecule has 0 unspecified atom stereocenters. The second-order valence-corrected chi connectivity index (χ2v) is 7.27. The standard InChI is InChI=1S/C23H24O8/c1-2-3-4-5-6-7-19(27)30-17-10-13(8-9-15(17)25)23-22(29)21(28)20-16(26)11-14(24)12-18(20)31-23/h8-12,24-26,29H,2-7H2,1H3. The number of benzene rings is 2. The van der Waals surface area contributed by atoms with Gasteiger partial charge in [-0.25, -0.2) is 0 Å².